The van der Waals surface area contributed by atoms with Gasteiger partial charge < -0.3 is 5.73 Å². The molecule has 0 fully saturated rings. The smallest absolute Gasteiger partial charge is 0.164 e. The van der Waals surface area contributed by atoms with Crippen LogP contribution in [0.4, 0.5) is 5.69 Å². The van der Waals surface area contributed by atoms with Crippen molar-refractivity contribution in [2.45, 2.75) is 0 Å². The molecule has 0 aliphatic rings. The molecule has 7 aromatic rings. The van der Waals surface area contributed by atoms with Crippen molar-refractivity contribution in [3.8, 4) is 34.2 Å². The van der Waals surface area contributed by atoms with Gasteiger partial charge in [0.05, 0.1) is 0 Å². The zero-order valence-electron chi connectivity index (χ0n) is 20.0. The molecule has 4 nitrogen and oxygen atoms in total. The molecule has 0 bridgehead atoms. The molecule has 0 aliphatic carbocycles. The number of fused-ring (bicyclic) bond motifs is 6. The number of nitrogens with two attached hydrogens (primary N) is 1. The Bertz CT molecular complexity index is 1890. The molecule has 37 heavy (non-hydrogen) atoms. The molecule has 0 radical (unpaired) electrons. The predicted octanol–water partition coefficient (Wildman–Crippen LogP) is 7.91. The molecule has 0 aliphatic heterocycles. The van der Waals surface area contributed by atoms with Crippen LogP contribution in [0.5, 0.6) is 0 Å². The number of hydrogen-bond acceptors (Lipinski definition) is 4. The third-order valence-electron chi connectivity index (χ3n) is 6.84. The van der Waals surface area contributed by atoms with Crippen LogP contribution in [0.1, 0.15) is 0 Å². The molecular formula is C33H22N4. The number of nitrogens with zero attached hydrogens (tertiary/aromatic N) is 3. The van der Waals surface area contributed by atoms with Gasteiger partial charge in [0.1, 0.15) is 0 Å². The Morgan fingerprint density at radius 2 is 0.757 bits per heavy atom. The summed E-state index contributed by atoms with van der Waals surface area (Å²) in [6.45, 7) is 0. The molecule has 6 aromatic carbocycles. The van der Waals surface area contributed by atoms with Crippen molar-refractivity contribution in [3.05, 3.63) is 121 Å². The molecule has 2 N–H and O–H groups in total. The number of benzene rings is 6. The maximum absolute atomic E-state index is 5.93. The molecule has 1 heterocycles. The Morgan fingerprint density at radius 3 is 1.32 bits per heavy atom. The number of hydrogen-bond donors (Lipinski definition) is 1. The third kappa shape index (κ3) is 3.67. The summed E-state index contributed by atoms with van der Waals surface area (Å²) in [5, 5.41) is 7.36. The second kappa shape index (κ2) is 8.54. The van der Waals surface area contributed by atoms with E-state index in [1.54, 1.807) is 0 Å². The summed E-state index contributed by atoms with van der Waals surface area (Å²) in [5.41, 5.74) is 9.42. The Labute approximate surface area is 214 Å². The minimum absolute atomic E-state index is 0.618. The van der Waals surface area contributed by atoms with E-state index in [-0.39, 0.29) is 0 Å². The Morgan fingerprint density at radius 1 is 0.351 bits per heavy atom. The van der Waals surface area contributed by atoms with Gasteiger partial charge in [0.25, 0.3) is 0 Å². The molecular weight excluding hydrogens is 452 g/mol. The van der Waals surface area contributed by atoms with E-state index in [0.29, 0.717) is 23.2 Å². The number of aromatic nitrogens is 3. The van der Waals surface area contributed by atoms with Crippen molar-refractivity contribution in [2.24, 2.45) is 0 Å². The minimum atomic E-state index is 0.618. The van der Waals surface area contributed by atoms with Crippen molar-refractivity contribution >= 4 is 38.0 Å². The number of anilines is 1. The molecule has 0 saturated carbocycles. The molecule has 4 heteroatoms. The van der Waals surface area contributed by atoms with Crippen molar-refractivity contribution < 1.29 is 0 Å². The SMILES string of the molecule is Nc1ccc(-c2nc(-c3ccccc3)nc(-c3ccc4c5ccccc5c5ccccc5c4c3)n2)cc1. The predicted molar refractivity (Wildman–Crippen MR) is 153 cm³/mol. The summed E-state index contributed by atoms with van der Waals surface area (Å²) in [6.07, 6.45) is 0. The van der Waals surface area contributed by atoms with E-state index in [9.17, 15) is 0 Å². The number of rotatable bonds is 3. The highest BCUT2D eigenvalue weighted by Gasteiger charge is 2.14. The van der Waals surface area contributed by atoms with Gasteiger partial charge in [0, 0.05) is 22.4 Å². The zero-order valence-corrected chi connectivity index (χ0v) is 20.0. The molecule has 7 rings (SSSR count). The van der Waals surface area contributed by atoms with Crippen molar-refractivity contribution in [1.82, 2.24) is 15.0 Å². The lowest BCUT2D eigenvalue weighted by molar-refractivity contribution is 1.07. The maximum atomic E-state index is 5.93. The van der Waals surface area contributed by atoms with E-state index >= 15 is 0 Å². The first-order valence-electron chi connectivity index (χ1n) is 12.3. The molecule has 0 atom stereocenters. The lowest BCUT2D eigenvalue weighted by atomic mass is 9.93. The molecule has 1 aromatic heterocycles. The highest BCUT2D eigenvalue weighted by Crippen LogP contribution is 2.37. The first kappa shape index (κ1) is 21.2. The van der Waals surface area contributed by atoms with Crippen LogP contribution < -0.4 is 5.73 Å². The molecule has 0 spiro atoms. The average molecular weight is 475 g/mol. The van der Waals surface area contributed by atoms with E-state index < -0.39 is 0 Å². The largest absolute Gasteiger partial charge is 0.399 e. The summed E-state index contributed by atoms with van der Waals surface area (Å²) in [6, 6.07) is 41.3. The van der Waals surface area contributed by atoms with Crippen LogP contribution in [0.3, 0.4) is 0 Å². The van der Waals surface area contributed by atoms with Crippen LogP contribution in [0.25, 0.3) is 66.5 Å². The van der Waals surface area contributed by atoms with Crippen LogP contribution in [-0.2, 0) is 0 Å². The highest BCUT2D eigenvalue weighted by atomic mass is 15.0. The van der Waals surface area contributed by atoms with Gasteiger partial charge >= 0.3 is 0 Å². The van der Waals surface area contributed by atoms with Gasteiger partial charge in [-0.3, -0.25) is 0 Å². The van der Waals surface area contributed by atoms with E-state index in [1.165, 1.54) is 32.3 Å². The van der Waals surface area contributed by atoms with E-state index in [1.807, 2.05) is 54.6 Å². The summed E-state index contributed by atoms with van der Waals surface area (Å²) in [7, 11) is 0. The van der Waals surface area contributed by atoms with Gasteiger partial charge in [0.2, 0.25) is 0 Å². The minimum Gasteiger partial charge on any atom is -0.399 e. The maximum Gasteiger partial charge on any atom is 0.164 e. The van der Waals surface area contributed by atoms with Crippen LogP contribution in [0.15, 0.2) is 121 Å². The first-order chi connectivity index (χ1) is 18.2. The van der Waals surface area contributed by atoms with E-state index in [0.717, 1.165) is 16.7 Å². The standard InChI is InChI=1S/C33H22N4/c34-24-17-14-22(15-18-24)32-35-31(21-8-2-1-3-9-21)36-33(37-32)23-16-19-29-27-12-5-4-10-25(27)26-11-6-7-13-28(26)30(29)20-23/h1-20H,34H2. The molecule has 0 saturated heterocycles. The van der Waals surface area contributed by atoms with Gasteiger partial charge in [-0.1, -0.05) is 91.0 Å². The van der Waals surface area contributed by atoms with Gasteiger partial charge in [-0.05, 0) is 62.6 Å². The number of nitrogen functional groups attached to an aromatic ring is 1. The fraction of sp³-hybridized carbons (Fsp3) is 0. The van der Waals surface area contributed by atoms with Crippen LogP contribution >= 0.6 is 0 Å². The first-order valence-corrected chi connectivity index (χ1v) is 12.3. The molecule has 174 valence electrons. The Kier molecular flexibility index (Phi) is 4.90. The van der Waals surface area contributed by atoms with Gasteiger partial charge in [0.15, 0.2) is 17.5 Å². The summed E-state index contributed by atoms with van der Waals surface area (Å²) >= 11 is 0. The molecule has 0 unspecified atom stereocenters. The van der Waals surface area contributed by atoms with Gasteiger partial charge in [-0.15, -0.1) is 0 Å². The fourth-order valence-electron chi connectivity index (χ4n) is 5.03. The lowest BCUT2D eigenvalue weighted by Gasteiger charge is -2.12. The van der Waals surface area contributed by atoms with Gasteiger partial charge in [-0.25, -0.2) is 15.0 Å². The van der Waals surface area contributed by atoms with E-state index in [4.69, 9.17) is 20.7 Å². The van der Waals surface area contributed by atoms with Crippen LogP contribution in [0, 0.1) is 0 Å². The third-order valence-corrected chi connectivity index (χ3v) is 6.84. The topological polar surface area (TPSA) is 64.7 Å². The monoisotopic (exact) mass is 474 g/mol. The second-order valence-electron chi connectivity index (χ2n) is 9.15. The van der Waals surface area contributed by atoms with Crippen molar-refractivity contribution in [2.75, 3.05) is 5.73 Å². The average Bonchev–Trinajstić information content (AvgIpc) is 2.98. The van der Waals surface area contributed by atoms with Gasteiger partial charge in [-0.2, -0.15) is 0 Å². The summed E-state index contributed by atoms with van der Waals surface area (Å²) in [4.78, 5) is 14.7. The summed E-state index contributed by atoms with van der Waals surface area (Å²) < 4.78 is 0. The Balaban J connectivity index is 1.50. The Hall–Kier alpha value is -5.09. The highest BCUT2D eigenvalue weighted by molar-refractivity contribution is 6.25. The fourth-order valence-corrected chi connectivity index (χ4v) is 5.03. The summed E-state index contributed by atoms with van der Waals surface area (Å²) in [5.74, 6) is 1.90. The van der Waals surface area contributed by atoms with Crippen molar-refractivity contribution in [1.29, 1.82) is 0 Å². The van der Waals surface area contributed by atoms with Crippen molar-refractivity contribution in [3.63, 3.8) is 0 Å². The van der Waals surface area contributed by atoms with E-state index in [2.05, 4.69) is 66.7 Å². The van der Waals surface area contributed by atoms with Crippen LogP contribution in [-0.4, -0.2) is 15.0 Å². The normalized spacial score (nSPS) is 11.4. The zero-order chi connectivity index (χ0) is 24.8. The van der Waals surface area contributed by atoms with Crippen LogP contribution in [0.2, 0.25) is 0 Å². The molecule has 0 amide bonds. The lowest BCUT2D eigenvalue weighted by Crippen LogP contribution is -2.00. The second-order valence-corrected chi connectivity index (χ2v) is 9.15. The quantitative estimate of drug-likeness (QED) is 0.209.